The Morgan fingerprint density at radius 1 is 1.38 bits per heavy atom. The average Bonchev–Trinajstić information content (AvgIpc) is 1.95. The summed E-state index contributed by atoms with van der Waals surface area (Å²) >= 11 is 0. The highest BCUT2D eigenvalue weighted by atomic mass is 16.4. The maximum absolute atomic E-state index is 11.6. The van der Waals surface area contributed by atoms with Gasteiger partial charge in [-0.15, -0.1) is 0 Å². The Bertz CT molecular complexity index is 267. The molecule has 0 unspecified atom stereocenters. The zero-order chi connectivity index (χ0) is 10.3. The normalized spacial score (nSPS) is 29.2. The first-order chi connectivity index (χ1) is 5.78. The number of rotatable bonds is 0. The number of hydrogen-bond donors (Lipinski definition) is 2. The maximum atomic E-state index is 11.6. The highest BCUT2D eigenvalue weighted by Crippen LogP contribution is 2.16. The van der Waals surface area contributed by atoms with E-state index in [1.54, 1.807) is 0 Å². The third kappa shape index (κ3) is 1.88. The summed E-state index contributed by atoms with van der Waals surface area (Å²) in [6.07, 6.45) is 0.520. The molecule has 0 aliphatic carbocycles. The van der Waals surface area contributed by atoms with Crippen LogP contribution in [0.2, 0.25) is 0 Å². The fourth-order valence-electron chi connectivity index (χ4n) is 2.06. The average molecular weight is 185 g/mol. The molecule has 4 heteroatoms. The molecule has 0 saturated carbocycles. The zero-order valence-electron chi connectivity index (χ0n) is 8.59. The smallest absolute Gasteiger partial charge is 0.240 e. The largest absolute Gasteiger partial charge is 0.411 e. The summed E-state index contributed by atoms with van der Waals surface area (Å²) in [6, 6.07) is 0. The van der Waals surface area contributed by atoms with Gasteiger partial charge in [-0.3, -0.25) is 4.79 Å². The Balaban J connectivity index is 3.02. The summed E-state index contributed by atoms with van der Waals surface area (Å²) in [4.78, 5) is 11.6. The van der Waals surface area contributed by atoms with Crippen LogP contribution in [0, 0.1) is 0 Å². The quantitative estimate of drug-likeness (QED) is 0.409. The van der Waals surface area contributed by atoms with Gasteiger partial charge in [0.25, 0.3) is 0 Å². The molecule has 1 saturated heterocycles. The van der Waals surface area contributed by atoms with Crippen molar-refractivity contribution in [3.63, 3.8) is 0 Å². The molecule has 1 fully saturated rings. The fourth-order valence-corrected chi connectivity index (χ4v) is 2.06. The van der Waals surface area contributed by atoms with Crippen molar-refractivity contribution in [2.45, 2.75) is 45.2 Å². The molecule has 1 heterocycles. The van der Waals surface area contributed by atoms with Crippen molar-refractivity contribution >= 4 is 11.5 Å². The minimum absolute atomic E-state index is 0.0705. The molecule has 0 atom stereocenters. The van der Waals surface area contributed by atoms with Crippen molar-refractivity contribution in [2.75, 3.05) is 0 Å². The SMILES string of the molecule is CC1(C)C/C(=N/O)C(=O)C(C)(C)[NH2+]1. The van der Waals surface area contributed by atoms with Crippen LogP contribution < -0.4 is 5.32 Å². The minimum atomic E-state index is -0.511. The summed E-state index contributed by atoms with van der Waals surface area (Å²) in [5.74, 6) is -0.0747. The van der Waals surface area contributed by atoms with E-state index in [0.717, 1.165) is 0 Å². The van der Waals surface area contributed by atoms with E-state index in [1.807, 2.05) is 33.0 Å². The van der Waals surface area contributed by atoms with Crippen LogP contribution in [-0.2, 0) is 4.79 Å². The second kappa shape index (κ2) is 2.80. The molecular formula is C9H17N2O2+. The summed E-state index contributed by atoms with van der Waals surface area (Å²) in [5.41, 5.74) is -0.292. The number of hydrogen-bond acceptors (Lipinski definition) is 3. The number of ketones is 1. The van der Waals surface area contributed by atoms with Crippen molar-refractivity contribution in [2.24, 2.45) is 5.16 Å². The molecule has 1 aliphatic rings. The lowest BCUT2D eigenvalue weighted by atomic mass is 9.80. The summed E-state index contributed by atoms with van der Waals surface area (Å²) in [5, 5.41) is 13.8. The summed E-state index contributed by atoms with van der Waals surface area (Å²) < 4.78 is 0. The van der Waals surface area contributed by atoms with E-state index in [1.165, 1.54) is 0 Å². The van der Waals surface area contributed by atoms with Crippen molar-refractivity contribution in [1.82, 2.24) is 0 Å². The second-order valence-electron chi connectivity index (χ2n) is 4.91. The minimum Gasteiger partial charge on any atom is -0.411 e. The van der Waals surface area contributed by atoms with Crippen LogP contribution in [0.5, 0.6) is 0 Å². The Hall–Kier alpha value is -0.900. The van der Waals surface area contributed by atoms with Crippen LogP contribution in [0.4, 0.5) is 0 Å². The van der Waals surface area contributed by atoms with E-state index in [0.29, 0.717) is 6.42 Å². The lowest BCUT2D eigenvalue weighted by Gasteiger charge is -2.37. The van der Waals surface area contributed by atoms with E-state index >= 15 is 0 Å². The predicted molar refractivity (Wildman–Crippen MR) is 48.9 cm³/mol. The summed E-state index contributed by atoms with van der Waals surface area (Å²) in [6.45, 7) is 7.77. The van der Waals surface area contributed by atoms with Gasteiger partial charge in [-0.1, -0.05) is 5.16 Å². The Kier molecular flexibility index (Phi) is 2.20. The molecule has 0 radical (unpaired) electrons. The number of piperidine rings is 1. The molecule has 0 aromatic heterocycles. The van der Waals surface area contributed by atoms with Gasteiger partial charge < -0.3 is 10.5 Å². The van der Waals surface area contributed by atoms with Crippen LogP contribution in [0.1, 0.15) is 34.1 Å². The predicted octanol–water partition coefficient (Wildman–Crippen LogP) is -0.0900. The van der Waals surface area contributed by atoms with Gasteiger partial charge in [-0.25, -0.2) is 0 Å². The fraction of sp³-hybridized carbons (Fsp3) is 0.778. The highest BCUT2D eigenvalue weighted by Gasteiger charge is 2.47. The number of quaternary nitrogens is 1. The van der Waals surface area contributed by atoms with E-state index in [-0.39, 0.29) is 17.0 Å². The number of Topliss-reactive ketones (excluding diaryl/α,β-unsaturated/α-hetero) is 1. The molecule has 0 bridgehead atoms. The van der Waals surface area contributed by atoms with Gasteiger partial charge in [0.05, 0.1) is 12.0 Å². The van der Waals surface area contributed by atoms with Crippen LogP contribution >= 0.6 is 0 Å². The lowest BCUT2D eigenvalue weighted by Crippen LogP contribution is -3.07. The molecule has 1 aliphatic heterocycles. The topological polar surface area (TPSA) is 66.3 Å². The van der Waals surface area contributed by atoms with Gasteiger partial charge in [0.2, 0.25) is 5.78 Å². The van der Waals surface area contributed by atoms with Gasteiger partial charge in [0.15, 0.2) is 5.54 Å². The second-order valence-corrected chi connectivity index (χ2v) is 4.91. The third-order valence-corrected chi connectivity index (χ3v) is 2.34. The van der Waals surface area contributed by atoms with Gasteiger partial charge >= 0.3 is 0 Å². The monoisotopic (exact) mass is 185 g/mol. The standard InChI is InChI=1S/C9H16N2O2/c1-8(2)5-6(10-13)7(12)9(3,4)11-8/h11,13H,5H2,1-4H3/p+1/b10-6-. The van der Waals surface area contributed by atoms with Crippen LogP contribution in [0.25, 0.3) is 0 Å². The highest BCUT2D eigenvalue weighted by molar-refractivity contribution is 6.42. The number of nitrogens with zero attached hydrogens (tertiary/aromatic N) is 1. The molecule has 4 nitrogen and oxygen atoms in total. The first-order valence-electron chi connectivity index (χ1n) is 4.41. The Labute approximate surface area is 78.0 Å². The van der Waals surface area contributed by atoms with E-state index in [2.05, 4.69) is 5.16 Å². The zero-order valence-corrected chi connectivity index (χ0v) is 8.59. The molecule has 13 heavy (non-hydrogen) atoms. The third-order valence-electron chi connectivity index (χ3n) is 2.34. The van der Waals surface area contributed by atoms with Gasteiger partial charge in [-0.2, -0.15) is 0 Å². The van der Waals surface area contributed by atoms with Crippen molar-refractivity contribution in [3.8, 4) is 0 Å². The van der Waals surface area contributed by atoms with Crippen molar-refractivity contribution < 1.29 is 15.3 Å². The van der Waals surface area contributed by atoms with Crippen molar-refractivity contribution in [1.29, 1.82) is 0 Å². The number of carbonyl (C=O) groups excluding carboxylic acids is 1. The molecule has 1 rings (SSSR count). The Morgan fingerprint density at radius 2 is 1.92 bits per heavy atom. The van der Waals surface area contributed by atoms with Gasteiger partial charge in [-0.05, 0) is 27.7 Å². The maximum Gasteiger partial charge on any atom is 0.240 e. The molecular weight excluding hydrogens is 168 g/mol. The molecule has 0 spiro atoms. The van der Waals surface area contributed by atoms with E-state index < -0.39 is 5.54 Å². The molecule has 74 valence electrons. The molecule has 0 amide bonds. The number of nitrogens with two attached hydrogens (primary N) is 1. The molecule has 0 aromatic carbocycles. The Morgan fingerprint density at radius 3 is 2.38 bits per heavy atom. The lowest BCUT2D eigenvalue weighted by molar-refractivity contribution is -0.766. The number of oxime groups is 1. The van der Waals surface area contributed by atoms with Crippen molar-refractivity contribution in [3.05, 3.63) is 0 Å². The van der Waals surface area contributed by atoms with Gasteiger partial charge in [0, 0.05) is 0 Å². The first-order valence-corrected chi connectivity index (χ1v) is 4.41. The van der Waals surface area contributed by atoms with Crippen LogP contribution in [0.3, 0.4) is 0 Å². The first kappa shape index (κ1) is 10.2. The van der Waals surface area contributed by atoms with E-state index in [9.17, 15) is 4.79 Å². The van der Waals surface area contributed by atoms with Crippen LogP contribution in [-0.4, -0.2) is 27.8 Å². The van der Waals surface area contributed by atoms with E-state index in [4.69, 9.17) is 5.21 Å². The molecule has 3 N–H and O–H groups in total. The summed E-state index contributed by atoms with van der Waals surface area (Å²) in [7, 11) is 0. The van der Waals surface area contributed by atoms with Crippen LogP contribution in [0.15, 0.2) is 5.16 Å². The molecule has 0 aromatic rings. The number of carbonyl (C=O) groups is 1. The van der Waals surface area contributed by atoms with Gasteiger partial charge in [0.1, 0.15) is 5.71 Å².